The highest BCUT2D eigenvalue weighted by atomic mass is 19.3. The molecule has 0 atom stereocenters. The second-order valence-corrected chi connectivity index (χ2v) is 5.10. The molecule has 4 nitrogen and oxygen atoms in total. The van der Waals surface area contributed by atoms with E-state index in [0.29, 0.717) is 12.1 Å². The number of alkyl halides is 2. The van der Waals surface area contributed by atoms with Crippen LogP contribution < -0.4 is 10.1 Å². The van der Waals surface area contributed by atoms with Crippen molar-refractivity contribution in [2.24, 2.45) is 0 Å². The minimum absolute atomic E-state index is 0.0542. The molecule has 0 fully saturated rings. The lowest BCUT2D eigenvalue weighted by Gasteiger charge is -2.20. The molecular formula is C17H18F2N2O2. The lowest BCUT2D eigenvalue weighted by molar-refractivity contribution is -0.0493. The van der Waals surface area contributed by atoms with Crippen LogP contribution in [0.5, 0.6) is 5.75 Å². The Morgan fingerprint density at radius 2 is 1.87 bits per heavy atom. The van der Waals surface area contributed by atoms with E-state index in [0.717, 1.165) is 5.56 Å². The Morgan fingerprint density at radius 3 is 2.52 bits per heavy atom. The van der Waals surface area contributed by atoms with Gasteiger partial charge in [0.1, 0.15) is 5.75 Å². The second kappa shape index (κ2) is 7.58. The number of hydrogen-bond donors (Lipinski definition) is 1. The molecule has 0 aliphatic carbocycles. The van der Waals surface area contributed by atoms with Gasteiger partial charge in [0.15, 0.2) is 0 Å². The molecule has 1 N–H and O–H groups in total. The van der Waals surface area contributed by atoms with E-state index in [-0.39, 0.29) is 11.4 Å². The Kier molecular flexibility index (Phi) is 5.51. The molecule has 2 rings (SSSR count). The van der Waals surface area contributed by atoms with Gasteiger partial charge in [0.05, 0.1) is 5.69 Å². The second-order valence-electron chi connectivity index (χ2n) is 5.10. The summed E-state index contributed by atoms with van der Waals surface area (Å²) in [5, 5.41) is 2.63. The van der Waals surface area contributed by atoms with Crippen molar-refractivity contribution < 1.29 is 18.3 Å². The fourth-order valence-corrected chi connectivity index (χ4v) is 2.13. The predicted octanol–water partition coefficient (Wildman–Crippen LogP) is 4.26. The average molecular weight is 320 g/mol. The maximum absolute atomic E-state index is 12.5. The number of amides is 2. The molecule has 122 valence electrons. The predicted molar refractivity (Wildman–Crippen MR) is 84.7 cm³/mol. The number of ether oxygens (including phenoxy) is 1. The van der Waals surface area contributed by atoms with Crippen molar-refractivity contribution in [1.29, 1.82) is 0 Å². The van der Waals surface area contributed by atoms with Crippen LogP contribution in [0.25, 0.3) is 0 Å². The normalized spacial score (nSPS) is 10.5. The number of aryl methyl sites for hydroxylation is 1. The summed E-state index contributed by atoms with van der Waals surface area (Å²) in [5.41, 5.74) is 1.86. The number of anilines is 1. The summed E-state index contributed by atoms with van der Waals surface area (Å²) in [4.78, 5) is 13.7. The highest BCUT2D eigenvalue weighted by molar-refractivity contribution is 5.91. The summed E-state index contributed by atoms with van der Waals surface area (Å²) < 4.78 is 29.4. The fourth-order valence-electron chi connectivity index (χ4n) is 2.13. The van der Waals surface area contributed by atoms with E-state index in [1.165, 1.54) is 11.0 Å². The van der Waals surface area contributed by atoms with Crippen molar-refractivity contribution in [3.05, 3.63) is 59.7 Å². The van der Waals surface area contributed by atoms with Crippen molar-refractivity contribution >= 4 is 11.7 Å². The smallest absolute Gasteiger partial charge is 0.387 e. The first-order valence-corrected chi connectivity index (χ1v) is 7.08. The van der Waals surface area contributed by atoms with Crippen molar-refractivity contribution in [1.82, 2.24) is 4.90 Å². The number of carbonyl (C=O) groups excluding carboxylic acids is 1. The Morgan fingerprint density at radius 1 is 1.17 bits per heavy atom. The molecule has 2 aromatic carbocycles. The maximum atomic E-state index is 12.5. The number of nitrogens with one attached hydrogen (secondary N) is 1. The largest absolute Gasteiger partial charge is 0.433 e. The van der Waals surface area contributed by atoms with Gasteiger partial charge in [0, 0.05) is 13.6 Å². The lowest BCUT2D eigenvalue weighted by Crippen LogP contribution is -2.31. The molecule has 0 bridgehead atoms. The molecule has 0 saturated carbocycles. The third kappa shape index (κ3) is 4.67. The van der Waals surface area contributed by atoms with Gasteiger partial charge in [-0.1, -0.05) is 42.5 Å². The van der Waals surface area contributed by atoms with Crippen molar-refractivity contribution in [3.63, 3.8) is 0 Å². The number of carbonyl (C=O) groups is 1. The molecule has 2 amide bonds. The molecule has 0 spiro atoms. The number of para-hydroxylation sites is 1. The van der Waals surface area contributed by atoms with Crippen molar-refractivity contribution in [3.8, 4) is 5.75 Å². The average Bonchev–Trinajstić information content (AvgIpc) is 2.51. The summed E-state index contributed by atoms with van der Waals surface area (Å²) in [7, 11) is 1.63. The van der Waals surface area contributed by atoms with Gasteiger partial charge in [-0.2, -0.15) is 8.78 Å². The molecular weight excluding hydrogens is 302 g/mol. The number of hydrogen-bond acceptors (Lipinski definition) is 2. The zero-order chi connectivity index (χ0) is 16.8. The molecule has 0 aliphatic heterocycles. The Labute approximate surface area is 133 Å². The molecule has 0 radical (unpaired) electrons. The van der Waals surface area contributed by atoms with E-state index in [4.69, 9.17) is 0 Å². The SMILES string of the molecule is Cc1cccc(OC(F)F)c1NC(=O)N(C)Cc1ccccc1. The van der Waals surface area contributed by atoms with Gasteiger partial charge in [-0.05, 0) is 24.1 Å². The van der Waals surface area contributed by atoms with E-state index in [9.17, 15) is 13.6 Å². The highest BCUT2D eigenvalue weighted by Crippen LogP contribution is 2.29. The van der Waals surface area contributed by atoms with E-state index in [1.807, 2.05) is 30.3 Å². The summed E-state index contributed by atoms with van der Waals surface area (Å²) in [6, 6.07) is 13.8. The third-order valence-corrected chi connectivity index (χ3v) is 3.29. The zero-order valence-corrected chi connectivity index (χ0v) is 12.9. The van der Waals surface area contributed by atoms with Crippen LogP contribution in [0.4, 0.5) is 19.3 Å². The lowest BCUT2D eigenvalue weighted by atomic mass is 10.2. The van der Waals surface area contributed by atoms with E-state index in [1.54, 1.807) is 26.1 Å². The topological polar surface area (TPSA) is 41.6 Å². The quantitative estimate of drug-likeness (QED) is 0.894. The number of halogens is 2. The third-order valence-electron chi connectivity index (χ3n) is 3.29. The minimum Gasteiger partial charge on any atom is -0.433 e. The first-order valence-electron chi connectivity index (χ1n) is 7.08. The van der Waals surface area contributed by atoms with Gasteiger partial charge < -0.3 is 15.0 Å². The minimum atomic E-state index is -2.95. The molecule has 0 aromatic heterocycles. The maximum Gasteiger partial charge on any atom is 0.387 e. The summed E-state index contributed by atoms with van der Waals surface area (Å²) >= 11 is 0. The van der Waals surface area contributed by atoms with Gasteiger partial charge in [-0.3, -0.25) is 0 Å². The van der Waals surface area contributed by atoms with Crippen LogP contribution in [0.2, 0.25) is 0 Å². The van der Waals surface area contributed by atoms with Gasteiger partial charge in [-0.15, -0.1) is 0 Å². The van der Waals surface area contributed by atoms with E-state index in [2.05, 4.69) is 10.1 Å². The van der Waals surface area contributed by atoms with Crippen LogP contribution in [0, 0.1) is 6.92 Å². The molecule has 0 saturated heterocycles. The molecule has 23 heavy (non-hydrogen) atoms. The monoisotopic (exact) mass is 320 g/mol. The van der Waals surface area contributed by atoms with E-state index >= 15 is 0 Å². The van der Waals surface area contributed by atoms with Crippen molar-refractivity contribution in [2.45, 2.75) is 20.1 Å². The number of benzene rings is 2. The molecule has 0 heterocycles. The van der Waals surface area contributed by atoms with Gasteiger partial charge >= 0.3 is 12.6 Å². The summed E-state index contributed by atoms with van der Waals surface area (Å²) in [5.74, 6) is -0.0542. The van der Waals surface area contributed by atoms with Gasteiger partial charge in [0.25, 0.3) is 0 Å². The number of nitrogens with zero attached hydrogens (tertiary/aromatic N) is 1. The van der Waals surface area contributed by atoms with Crippen LogP contribution in [0.3, 0.4) is 0 Å². The summed E-state index contributed by atoms with van der Waals surface area (Å²) in [6.45, 7) is -0.830. The fraction of sp³-hybridized carbons (Fsp3) is 0.235. The first kappa shape index (κ1) is 16.7. The van der Waals surface area contributed by atoms with Gasteiger partial charge in [0.2, 0.25) is 0 Å². The number of rotatable bonds is 5. The van der Waals surface area contributed by atoms with E-state index < -0.39 is 12.6 Å². The zero-order valence-electron chi connectivity index (χ0n) is 12.9. The van der Waals surface area contributed by atoms with Crippen molar-refractivity contribution in [2.75, 3.05) is 12.4 Å². The Hall–Kier alpha value is -2.63. The number of urea groups is 1. The summed E-state index contributed by atoms with van der Waals surface area (Å²) in [6.07, 6.45) is 0. The van der Waals surface area contributed by atoms with Crippen LogP contribution in [0.1, 0.15) is 11.1 Å². The van der Waals surface area contributed by atoms with Crippen LogP contribution >= 0.6 is 0 Å². The highest BCUT2D eigenvalue weighted by Gasteiger charge is 2.16. The molecule has 6 heteroatoms. The first-order chi connectivity index (χ1) is 11.0. The van der Waals surface area contributed by atoms with Gasteiger partial charge in [-0.25, -0.2) is 4.79 Å². The standard InChI is InChI=1S/C17H18F2N2O2/c1-12-7-6-10-14(23-16(18)19)15(12)20-17(22)21(2)11-13-8-4-3-5-9-13/h3-10,16H,11H2,1-2H3,(H,20,22). The Balaban J connectivity index is 2.10. The molecule has 0 aliphatic rings. The molecule has 0 unspecified atom stereocenters. The molecule has 2 aromatic rings. The Bertz CT molecular complexity index is 663. The van der Waals surface area contributed by atoms with Crippen LogP contribution in [-0.4, -0.2) is 24.6 Å². The van der Waals surface area contributed by atoms with Crippen LogP contribution in [0.15, 0.2) is 48.5 Å². The van der Waals surface area contributed by atoms with Crippen LogP contribution in [-0.2, 0) is 6.54 Å².